The summed E-state index contributed by atoms with van der Waals surface area (Å²) >= 11 is 1.77. The molecule has 0 aliphatic carbocycles. The number of hydrogen-bond donors (Lipinski definition) is 1. The third-order valence-corrected chi connectivity index (χ3v) is 5.78. The number of thioether (sulfide) groups is 1. The highest BCUT2D eigenvalue weighted by Gasteiger charge is 2.19. The minimum atomic E-state index is -0.425. The van der Waals surface area contributed by atoms with E-state index in [2.05, 4.69) is 50.1 Å². The van der Waals surface area contributed by atoms with Crippen LogP contribution in [0.4, 0.5) is 0 Å². The Morgan fingerprint density at radius 3 is 2.52 bits per heavy atom. The van der Waals surface area contributed by atoms with E-state index >= 15 is 0 Å². The maximum absolute atomic E-state index is 11.3. The molecule has 0 radical (unpaired) electrons. The highest BCUT2D eigenvalue weighted by atomic mass is 32.2. The fourth-order valence-electron chi connectivity index (χ4n) is 3.48. The van der Waals surface area contributed by atoms with Crippen LogP contribution in [-0.4, -0.2) is 52.9 Å². The molecule has 0 bridgehead atoms. The predicted octanol–water partition coefficient (Wildman–Crippen LogP) is 2.31. The molecule has 6 nitrogen and oxygen atoms in total. The van der Waals surface area contributed by atoms with Gasteiger partial charge in [-0.3, -0.25) is 9.69 Å². The van der Waals surface area contributed by atoms with E-state index in [1.807, 2.05) is 12.4 Å². The third-order valence-electron chi connectivity index (χ3n) is 5.03. The fourth-order valence-corrected chi connectivity index (χ4v) is 3.89. The molecule has 1 aliphatic heterocycles. The normalized spacial score (nSPS) is 15.4. The molecule has 27 heavy (non-hydrogen) atoms. The van der Waals surface area contributed by atoms with Crippen molar-refractivity contribution >= 4 is 28.7 Å². The number of benzene rings is 2. The van der Waals surface area contributed by atoms with Crippen LogP contribution in [0.25, 0.3) is 11.0 Å². The first-order chi connectivity index (χ1) is 13.1. The standard InChI is InChI=1S/C20H23N5OS/c1-27-17-5-2-15(3-6-17)13-23-8-10-24(11-9-23)25-14-22-18-12-16(20(21)26)4-7-19(18)25/h2-7,12,14H,8-11,13H2,1H3,(H2,21,26). The molecule has 140 valence electrons. The van der Waals surface area contributed by atoms with Gasteiger partial charge in [-0.25, -0.2) is 9.66 Å². The van der Waals surface area contributed by atoms with E-state index in [1.54, 1.807) is 23.9 Å². The van der Waals surface area contributed by atoms with Crippen LogP contribution in [0.1, 0.15) is 15.9 Å². The number of amides is 1. The number of fused-ring (bicyclic) bond motifs is 1. The molecule has 1 fully saturated rings. The van der Waals surface area contributed by atoms with Gasteiger partial charge in [-0.15, -0.1) is 11.8 Å². The van der Waals surface area contributed by atoms with Gasteiger partial charge < -0.3 is 10.7 Å². The fraction of sp³-hybridized carbons (Fsp3) is 0.300. The van der Waals surface area contributed by atoms with Crippen LogP contribution in [0.15, 0.2) is 53.7 Å². The quantitative estimate of drug-likeness (QED) is 0.687. The average molecular weight is 382 g/mol. The molecule has 2 N–H and O–H groups in total. The molecule has 7 heteroatoms. The molecule has 1 saturated heterocycles. The summed E-state index contributed by atoms with van der Waals surface area (Å²) in [5.74, 6) is -0.425. The van der Waals surface area contributed by atoms with Crippen LogP contribution in [-0.2, 0) is 6.54 Å². The van der Waals surface area contributed by atoms with Gasteiger partial charge in [-0.05, 0) is 42.2 Å². The van der Waals surface area contributed by atoms with E-state index in [1.165, 1.54) is 10.5 Å². The number of carbonyl (C=O) groups excluding carboxylic acids is 1. The van der Waals surface area contributed by atoms with Gasteiger partial charge in [0.1, 0.15) is 6.33 Å². The average Bonchev–Trinajstić information content (AvgIpc) is 3.12. The first kappa shape index (κ1) is 17.9. The number of piperazine rings is 1. The first-order valence-corrected chi connectivity index (χ1v) is 10.2. The van der Waals surface area contributed by atoms with Gasteiger partial charge in [0.2, 0.25) is 5.91 Å². The van der Waals surface area contributed by atoms with Crippen molar-refractivity contribution in [2.24, 2.45) is 5.73 Å². The summed E-state index contributed by atoms with van der Waals surface area (Å²) in [7, 11) is 0. The SMILES string of the molecule is CSc1ccc(CN2CCN(n3cnc4cc(C(N)=O)ccc43)CC2)cc1. The van der Waals surface area contributed by atoms with Gasteiger partial charge in [0, 0.05) is 43.2 Å². The molecule has 3 aromatic rings. The zero-order valence-corrected chi connectivity index (χ0v) is 16.2. The van der Waals surface area contributed by atoms with Crippen LogP contribution in [0, 0.1) is 0 Å². The molecule has 0 atom stereocenters. The van der Waals surface area contributed by atoms with E-state index in [0.29, 0.717) is 5.56 Å². The van der Waals surface area contributed by atoms with Crippen LogP contribution in [0.5, 0.6) is 0 Å². The second-order valence-electron chi connectivity index (χ2n) is 6.73. The summed E-state index contributed by atoms with van der Waals surface area (Å²) in [6, 6.07) is 14.3. The van der Waals surface area contributed by atoms with Crippen molar-refractivity contribution in [2.75, 3.05) is 37.4 Å². The number of carbonyl (C=O) groups is 1. The number of aromatic nitrogens is 2. The van der Waals surface area contributed by atoms with Crippen LogP contribution in [0.2, 0.25) is 0 Å². The molecule has 1 aliphatic rings. The zero-order chi connectivity index (χ0) is 18.8. The monoisotopic (exact) mass is 381 g/mol. The van der Waals surface area contributed by atoms with Crippen LogP contribution in [0.3, 0.4) is 0 Å². The number of primary amides is 1. The smallest absolute Gasteiger partial charge is 0.248 e. The maximum Gasteiger partial charge on any atom is 0.248 e. The second kappa shape index (κ2) is 7.62. The number of hydrogen-bond acceptors (Lipinski definition) is 5. The van der Waals surface area contributed by atoms with E-state index < -0.39 is 5.91 Å². The van der Waals surface area contributed by atoms with Crippen molar-refractivity contribution in [3.8, 4) is 0 Å². The van der Waals surface area contributed by atoms with E-state index in [4.69, 9.17) is 5.73 Å². The lowest BCUT2D eigenvalue weighted by Crippen LogP contribution is -2.50. The molecule has 0 saturated carbocycles. The highest BCUT2D eigenvalue weighted by molar-refractivity contribution is 7.98. The Hall–Kier alpha value is -2.51. The van der Waals surface area contributed by atoms with Crippen molar-refractivity contribution < 1.29 is 4.79 Å². The molecular weight excluding hydrogens is 358 g/mol. The van der Waals surface area contributed by atoms with E-state index in [0.717, 1.165) is 43.8 Å². The maximum atomic E-state index is 11.3. The van der Waals surface area contributed by atoms with Crippen molar-refractivity contribution in [1.29, 1.82) is 0 Å². The predicted molar refractivity (Wildman–Crippen MR) is 110 cm³/mol. The first-order valence-electron chi connectivity index (χ1n) is 9.01. The Labute approximate surface area is 162 Å². The minimum absolute atomic E-state index is 0.425. The summed E-state index contributed by atoms with van der Waals surface area (Å²) in [4.78, 5) is 19.6. The van der Waals surface area contributed by atoms with E-state index in [9.17, 15) is 4.79 Å². The molecule has 2 aromatic carbocycles. The molecule has 2 heterocycles. The van der Waals surface area contributed by atoms with Crippen molar-refractivity contribution in [1.82, 2.24) is 14.6 Å². The summed E-state index contributed by atoms with van der Waals surface area (Å²) in [6.07, 6.45) is 3.93. The van der Waals surface area contributed by atoms with Gasteiger partial charge in [0.25, 0.3) is 0 Å². The molecule has 1 aromatic heterocycles. The van der Waals surface area contributed by atoms with Crippen molar-refractivity contribution in [3.05, 3.63) is 59.9 Å². The Bertz CT molecular complexity index is 945. The Balaban J connectivity index is 1.41. The zero-order valence-electron chi connectivity index (χ0n) is 15.3. The number of nitrogens with two attached hydrogens (primary N) is 1. The summed E-state index contributed by atoms with van der Waals surface area (Å²) < 4.78 is 2.09. The molecular formula is C20H23N5OS. The molecule has 1 amide bonds. The lowest BCUT2D eigenvalue weighted by atomic mass is 10.2. The lowest BCUT2D eigenvalue weighted by Gasteiger charge is -2.36. The van der Waals surface area contributed by atoms with Crippen molar-refractivity contribution in [3.63, 3.8) is 0 Å². The van der Waals surface area contributed by atoms with Gasteiger partial charge >= 0.3 is 0 Å². The largest absolute Gasteiger partial charge is 0.366 e. The molecule has 0 spiro atoms. The molecule has 4 rings (SSSR count). The summed E-state index contributed by atoms with van der Waals surface area (Å²) in [5.41, 5.74) is 9.00. The minimum Gasteiger partial charge on any atom is -0.366 e. The number of rotatable bonds is 5. The summed E-state index contributed by atoms with van der Waals surface area (Å²) in [6.45, 7) is 4.86. The molecule has 0 unspecified atom stereocenters. The number of nitrogens with zero attached hydrogens (tertiary/aromatic N) is 4. The number of imidazole rings is 1. The highest BCUT2D eigenvalue weighted by Crippen LogP contribution is 2.18. The Morgan fingerprint density at radius 1 is 1.11 bits per heavy atom. The second-order valence-corrected chi connectivity index (χ2v) is 7.61. The van der Waals surface area contributed by atoms with Gasteiger partial charge in [0.05, 0.1) is 11.0 Å². The van der Waals surface area contributed by atoms with Crippen molar-refractivity contribution in [2.45, 2.75) is 11.4 Å². The topological polar surface area (TPSA) is 67.4 Å². The Kier molecular flexibility index (Phi) is 5.05. The lowest BCUT2D eigenvalue weighted by molar-refractivity contribution is 0.100. The van der Waals surface area contributed by atoms with Gasteiger partial charge in [-0.2, -0.15) is 0 Å². The van der Waals surface area contributed by atoms with Crippen LogP contribution >= 0.6 is 11.8 Å². The van der Waals surface area contributed by atoms with Gasteiger partial charge in [0.15, 0.2) is 0 Å². The van der Waals surface area contributed by atoms with E-state index in [-0.39, 0.29) is 0 Å². The van der Waals surface area contributed by atoms with Gasteiger partial charge in [-0.1, -0.05) is 12.1 Å². The third kappa shape index (κ3) is 3.79. The summed E-state index contributed by atoms with van der Waals surface area (Å²) in [5, 5.41) is 2.30. The van der Waals surface area contributed by atoms with Crippen LogP contribution < -0.4 is 10.7 Å². The Morgan fingerprint density at radius 2 is 1.85 bits per heavy atom.